The van der Waals surface area contributed by atoms with E-state index < -0.39 is 0 Å². The summed E-state index contributed by atoms with van der Waals surface area (Å²) in [4.78, 5) is 5.19. The number of nitrogens with zero attached hydrogens (tertiary/aromatic N) is 2. The monoisotopic (exact) mass is 253 g/mol. The van der Waals surface area contributed by atoms with Crippen LogP contribution in [-0.4, -0.2) is 54.6 Å². The summed E-state index contributed by atoms with van der Waals surface area (Å²) in [5, 5.41) is 0. The van der Waals surface area contributed by atoms with Gasteiger partial charge in [0.2, 0.25) is 0 Å². The Kier molecular flexibility index (Phi) is 4.35. The van der Waals surface area contributed by atoms with Crippen LogP contribution in [-0.2, 0) is 0 Å². The van der Waals surface area contributed by atoms with Crippen LogP contribution in [0.15, 0.2) is 0 Å². The predicted molar refractivity (Wildman–Crippen MR) is 77.6 cm³/mol. The minimum Gasteiger partial charge on any atom is -0.329 e. The van der Waals surface area contributed by atoms with Gasteiger partial charge < -0.3 is 10.6 Å². The van der Waals surface area contributed by atoms with Crippen LogP contribution >= 0.6 is 0 Å². The Bertz CT molecular complexity index is 281. The third kappa shape index (κ3) is 2.45. The highest BCUT2D eigenvalue weighted by atomic mass is 15.3. The minimum absolute atomic E-state index is 0.262. The van der Waals surface area contributed by atoms with Crippen LogP contribution in [0.3, 0.4) is 0 Å². The molecule has 2 fully saturated rings. The Morgan fingerprint density at radius 1 is 1.17 bits per heavy atom. The Labute approximate surface area is 113 Å². The van der Waals surface area contributed by atoms with E-state index in [4.69, 9.17) is 5.73 Å². The van der Waals surface area contributed by atoms with Crippen LogP contribution in [0.4, 0.5) is 0 Å². The highest BCUT2D eigenvalue weighted by Crippen LogP contribution is 2.41. The lowest BCUT2D eigenvalue weighted by molar-refractivity contribution is -0.0566. The molecule has 106 valence electrons. The molecular weight excluding hydrogens is 222 g/mol. The molecule has 0 radical (unpaired) electrons. The molecule has 1 heterocycles. The van der Waals surface area contributed by atoms with Crippen molar-refractivity contribution in [3.63, 3.8) is 0 Å². The summed E-state index contributed by atoms with van der Waals surface area (Å²) >= 11 is 0. The van der Waals surface area contributed by atoms with Gasteiger partial charge in [-0.1, -0.05) is 20.3 Å². The summed E-state index contributed by atoms with van der Waals surface area (Å²) in [7, 11) is 2.23. The zero-order valence-corrected chi connectivity index (χ0v) is 12.7. The Morgan fingerprint density at radius 2 is 1.89 bits per heavy atom. The number of rotatable bonds is 2. The number of hydrogen-bond donors (Lipinski definition) is 1. The van der Waals surface area contributed by atoms with Crippen LogP contribution in [0.2, 0.25) is 0 Å². The molecule has 4 unspecified atom stereocenters. The topological polar surface area (TPSA) is 32.5 Å². The van der Waals surface area contributed by atoms with Gasteiger partial charge in [-0.25, -0.2) is 0 Å². The lowest BCUT2D eigenvalue weighted by Gasteiger charge is -2.56. The zero-order chi connectivity index (χ0) is 13.3. The van der Waals surface area contributed by atoms with E-state index in [2.05, 4.69) is 37.6 Å². The summed E-state index contributed by atoms with van der Waals surface area (Å²) in [6, 6.07) is 0.639. The fourth-order valence-electron chi connectivity index (χ4n) is 4.31. The largest absolute Gasteiger partial charge is 0.329 e. The second kappa shape index (κ2) is 5.48. The van der Waals surface area contributed by atoms with Gasteiger partial charge in [0, 0.05) is 37.8 Å². The third-order valence-electron chi connectivity index (χ3n) is 5.47. The molecule has 18 heavy (non-hydrogen) atoms. The van der Waals surface area contributed by atoms with E-state index in [0.29, 0.717) is 6.04 Å². The van der Waals surface area contributed by atoms with Crippen molar-refractivity contribution < 1.29 is 0 Å². The molecule has 2 aliphatic rings. The summed E-state index contributed by atoms with van der Waals surface area (Å²) in [5.41, 5.74) is 6.53. The molecule has 0 spiro atoms. The van der Waals surface area contributed by atoms with Crippen molar-refractivity contribution in [2.24, 2.45) is 17.6 Å². The highest BCUT2D eigenvalue weighted by molar-refractivity contribution is 5.02. The molecule has 1 aliphatic carbocycles. The first-order valence-corrected chi connectivity index (χ1v) is 7.65. The lowest BCUT2D eigenvalue weighted by atomic mass is 9.68. The standard InChI is InChI=1S/C15H31N3/c1-12-5-6-13(2)15(9-12,11-16)18-8-7-17(4)10-14(18)3/h12-14H,5-11,16H2,1-4H3. The molecule has 3 heteroatoms. The molecule has 0 bridgehead atoms. The first kappa shape index (κ1) is 14.3. The number of hydrogen-bond acceptors (Lipinski definition) is 3. The van der Waals surface area contributed by atoms with Crippen LogP contribution in [0.5, 0.6) is 0 Å². The molecule has 2 N–H and O–H groups in total. The first-order chi connectivity index (χ1) is 8.49. The van der Waals surface area contributed by atoms with Gasteiger partial charge in [-0.3, -0.25) is 4.90 Å². The molecule has 1 saturated heterocycles. The SMILES string of the molecule is CC1CCC(C)C(CN)(N2CCN(C)CC2C)C1. The van der Waals surface area contributed by atoms with Crippen LogP contribution in [0.25, 0.3) is 0 Å². The zero-order valence-electron chi connectivity index (χ0n) is 12.7. The first-order valence-electron chi connectivity index (χ1n) is 7.65. The van der Waals surface area contributed by atoms with Gasteiger partial charge in [-0.15, -0.1) is 0 Å². The smallest absolute Gasteiger partial charge is 0.0363 e. The maximum Gasteiger partial charge on any atom is 0.0363 e. The Balaban J connectivity index is 2.19. The second-order valence-corrected chi connectivity index (χ2v) is 6.90. The van der Waals surface area contributed by atoms with Gasteiger partial charge in [-0.05, 0) is 38.6 Å². The molecule has 0 aromatic rings. The summed E-state index contributed by atoms with van der Waals surface area (Å²) in [6.45, 7) is 11.6. The molecule has 4 atom stereocenters. The highest BCUT2D eigenvalue weighted by Gasteiger charge is 2.46. The summed E-state index contributed by atoms with van der Waals surface area (Å²) in [5.74, 6) is 1.57. The van der Waals surface area contributed by atoms with E-state index in [1.54, 1.807) is 0 Å². The van der Waals surface area contributed by atoms with E-state index >= 15 is 0 Å². The van der Waals surface area contributed by atoms with Crippen molar-refractivity contribution in [1.29, 1.82) is 0 Å². The third-order valence-corrected chi connectivity index (χ3v) is 5.47. The average molecular weight is 253 g/mol. The van der Waals surface area contributed by atoms with Gasteiger partial charge in [0.15, 0.2) is 0 Å². The van der Waals surface area contributed by atoms with Gasteiger partial charge in [-0.2, -0.15) is 0 Å². The van der Waals surface area contributed by atoms with Gasteiger partial charge >= 0.3 is 0 Å². The van der Waals surface area contributed by atoms with Crippen molar-refractivity contribution in [2.45, 2.75) is 51.6 Å². The quantitative estimate of drug-likeness (QED) is 0.814. The minimum atomic E-state index is 0.262. The Morgan fingerprint density at radius 3 is 2.50 bits per heavy atom. The number of piperazine rings is 1. The predicted octanol–water partition coefficient (Wildman–Crippen LogP) is 1.78. The number of nitrogens with two attached hydrogens (primary N) is 1. The van der Waals surface area contributed by atoms with Gasteiger partial charge in [0.05, 0.1) is 0 Å². The lowest BCUT2D eigenvalue weighted by Crippen LogP contribution is -2.67. The summed E-state index contributed by atoms with van der Waals surface area (Å²) < 4.78 is 0. The molecule has 0 aromatic heterocycles. The van der Waals surface area contributed by atoms with E-state index in [9.17, 15) is 0 Å². The van der Waals surface area contributed by atoms with Crippen LogP contribution < -0.4 is 5.73 Å². The molecule has 1 aliphatic heterocycles. The maximum absolute atomic E-state index is 6.26. The molecule has 1 saturated carbocycles. The van der Waals surface area contributed by atoms with Gasteiger partial charge in [0.25, 0.3) is 0 Å². The van der Waals surface area contributed by atoms with Crippen molar-refractivity contribution in [3.8, 4) is 0 Å². The van der Waals surface area contributed by atoms with Crippen LogP contribution in [0, 0.1) is 11.8 Å². The van der Waals surface area contributed by atoms with E-state index in [0.717, 1.165) is 18.4 Å². The molecule has 0 aromatic carbocycles. The fourth-order valence-corrected chi connectivity index (χ4v) is 4.31. The van der Waals surface area contributed by atoms with Crippen LogP contribution in [0.1, 0.15) is 40.0 Å². The van der Waals surface area contributed by atoms with Crippen molar-refractivity contribution in [2.75, 3.05) is 33.2 Å². The molecular formula is C15H31N3. The van der Waals surface area contributed by atoms with Crippen molar-refractivity contribution in [3.05, 3.63) is 0 Å². The Hall–Kier alpha value is -0.120. The molecule has 0 amide bonds. The average Bonchev–Trinajstić information content (AvgIpc) is 2.33. The van der Waals surface area contributed by atoms with E-state index in [1.807, 2.05) is 0 Å². The second-order valence-electron chi connectivity index (χ2n) is 6.90. The summed E-state index contributed by atoms with van der Waals surface area (Å²) in [6.07, 6.45) is 4.02. The molecule has 2 rings (SSSR count). The van der Waals surface area contributed by atoms with Gasteiger partial charge in [0.1, 0.15) is 0 Å². The van der Waals surface area contributed by atoms with E-state index in [1.165, 1.54) is 38.9 Å². The van der Waals surface area contributed by atoms with Crippen molar-refractivity contribution in [1.82, 2.24) is 9.80 Å². The van der Waals surface area contributed by atoms with E-state index in [-0.39, 0.29) is 5.54 Å². The van der Waals surface area contributed by atoms with Crippen molar-refractivity contribution >= 4 is 0 Å². The maximum atomic E-state index is 6.26. The number of likely N-dealkylation sites (N-methyl/N-ethyl adjacent to an activating group) is 1. The fraction of sp³-hybridized carbons (Fsp3) is 1.00. The normalized spacial score (nSPS) is 44.2. The molecule has 3 nitrogen and oxygen atoms in total.